The molecule has 0 aliphatic carbocycles. The summed E-state index contributed by atoms with van der Waals surface area (Å²) in [6.07, 6.45) is 2.55. The van der Waals surface area contributed by atoms with Crippen molar-refractivity contribution in [2.24, 2.45) is 5.92 Å². The second-order valence-corrected chi connectivity index (χ2v) is 5.47. The molecule has 0 bridgehead atoms. The molecule has 0 aliphatic heterocycles. The fourth-order valence-electron chi connectivity index (χ4n) is 1.68. The van der Waals surface area contributed by atoms with Gasteiger partial charge in [0.2, 0.25) is 0 Å². The number of rotatable bonds is 5. The van der Waals surface area contributed by atoms with Crippen molar-refractivity contribution in [2.75, 3.05) is 0 Å². The Labute approximate surface area is 107 Å². The number of hydrogen-bond acceptors (Lipinski definition) is 0. The monoisotopic (exact) mass is 262 g/mol. The Kier molecular flexibility index (Phi) is 5.57. The van der Waals surface area contributed by atoms with Gasteiger partial charge in [0.15, 0.2) is 0 Å². The van der Waals surface area contributed by atoms with E-state index in [2.05, 4.69) is 13.8 Å². The highest BCUT2D eigenvalue weighted by atomic mass is 35.5. The zero-order valence-electron chi connectivity index (χ0n) is 9.64. The quantitative estimate of drug-likeness (QED) is 0.651. The lowest BCUT2D eigenvalue weighted by Crippen LogP contribution is -2.05. The predicted molar refractivity (Wildman–Crippen MR) is 68.8 cm³/mol. The van der Waals surface area contributed by atoms with Crippen LogP contribution in [0.4, 0.5) is 4.39 Å². The van der Waals surface area contributed by atoms with Crippen LogP contribution >= 0.6 is 23.2 Å². The third-order valence-corrected chi connectivity index (χ3v) is 3.31. The molecule has 0 nitrogen and oxygen atoms in total. The number of aryl methyl sites for hydroxylation is 1. The van der Waals surface area contributed by atoms with Crippen molar-refractivity contribution in [3.8, 4) is 0 Å². The lowest BCUT2D eigenvalue weighted by molar-refractivity contribution is 0.543. The third-order valence-electron chi connectivity index (χ3n) is 2.49. The molecule has 1 unspecified atom stereocenters. The van der Waals surface area contributed by atoms with Crippen LogP contribution in [-0.2, 0) is 6.42 Å². The van der Waals surface area contributed by atoms with Gasteiger partial charge in [0.05, 0.1) is 5.02 Å². The molecule has 0 heterocycles. The molecule has 1 atom stereocenters. The van der Waals surface area contributed by atoms with Gasteiger partial charge in [-0.1, -0.05) is 37.6 Å². The maximum atomic E-state index is 13.1. The lowest BCUT2D eigenvalue weighted by atomic mass is 10.0. The van der Waals surface area contributed by atoms with Crippen molar-refractivity contribution in [3.05, 3.63) is 34.6 Å². The zero-order chi connectivity index (χ0) is 12.1. The molecule has 16 heavy (non-hydrogen) atoms. The van der Waals surface area contributed by atoms with E-state index >= 15 is 0 Å². The van der Waals surface area contributed by atoms with Crippen LogP contribution < -0.4 is 0 Å². The van der Waals surface area contributed by atoms with Gasteiger partial charge in [-0.05, 0) is 36.8 Å². The van der Waals surface area contributed by atoms with Gasteiger partial charge in [0, 0.05) is 5.38 Å². The van der Waals surface area contributed by atoms with E-state index in [1.165, 1.54) is 6.07 Å². The highest BCUT2D eigenvalue weighted by Crippen LogP contribution is 2.23. The van der Waals surface area contributed by atoms with Gasteiger partial charge in [-0.2, -0.15) is 0 Å². The summed E-state index contributed by atoms with van der Waals surface area (Å²) >= 11 is 12.0. The van der Waals surface area contributed by atoms with Gasteiger partial charge in [0.1, 0.15) is 5.82 Å². The Balaban J connectivity index is 2.51. The summed E-state index contributed by atoms with van der Waals surface area (Å²) in [7, 11) is 0. The standard InChI is InChI=1S/C13H17Cl2F/c1-9(2)8-11(14)7-6-10-4-3-5-12(16)13(10)15/h3-5,9,11H,6-8H2,1-2H3. The molecule has 3 heteroatoms. The third kappa shape index (κ3) is 4.31. The minimum absolute atomic E-state index is 0.138. The van der Waals surface area contributed by atoms with E-state index in [4.69, 9.17) is 23.2 Å². The van der Waals surface area contributed by atoms with E-state index in [1.54, 1.807) is 6.07 Å². The van der Waals surface area contributed by atoms with E-state index in [-0.39, 0.29) is 16.2 Å². The summed E-state index contributed by atoms with van der Waals surface area (Å²) in [6.45, 7) is 4.29. The lowest BCUT2D eigenvalue weighted by Gasteiger charge is -2.12. The first kappa shape index (κ1) is 13.8. The van der Waals surface area contributed by atoms with E-state index in [9.17, 15) is 4.39 Å². The summed E-state index contributed by atoms with van der Waals surface area (Å²) in [5.74, 6) is 0.236. The van der Waals surface area contributed by atoms with Crippen molar-refractivity contribution in [1.29, 1.82) is 0 Å². The summed E-state index contributed by atoms with van der Waals surface area (Å²) in [6, 6.07) is 4.91. The second-order valence-electron chi connectivity index (χ2n) is 4.48. The maximum absolute atomic E-state index is 13.1. The summed E-state index contributed by atoms with van der Waals surface area (Å²) in [5.41, 5.74) is 0.844. The van der Waals surface area contributed by atoms with Crippen LogP contribution in [0.15, 0.2) is 18.2 Å². The summed E-state index contributed by atoms with van der Waals surface area (Å²) < 4.78 is 13.1. The molecule has 90 valence electrons. The molecule has 0 amide bonds. The van der Waals surface area contributed by atoms with Crippen molar-refractivity contribution < 1.29 is 4.39 Å². The van der Waals surface area contributed by atoms with E-state index in [1.807, 2.05) is 6.07 Å². The van der Waals surface area contributed by atoms with Crippen molar-refractivity contribution in [1.82, 2.24) is 0 Å². The van der Waals surface area contributed by atoms with Crippen molar-refractivity contribution in [2.45, 2.75) is 38.5 Å². The van der Waals surface area contributed by atoms with Gasteiger partial charge in [-0.15, -0.1) is 11.6 Å². The van der Waals surface area contributed by atoms with Gasteiger partial charge in [0.25, 0.3) is 0 Å². The fourth-order valence-corrected chi connectivity index (χ4v) is 2.37. The Bertz CT molecular complexity index is 337. The number of alkyl halides is 1. The average Bonchev–Trinajstić information content (AvgIpc) is 2.19. The van der Waals surface area contributed by atoms with Gasteiger partial charge < -0.3 is 0 Å². The molecule has 0 aliphatic rings. The maximum Gasteiger partial charge on any atom is 0.142 e. The first-order valence-electron chi connectivity index (χ1n) is 5.57. The number of hydrogen-bond donors (Lipinski definition) is 0. The molecule has 0 aromatic heterocycles. The summed E-state index contributed by atoms with van der Waals surface area (Å²) in [4.78, 5) is 0. The smallest absolute Gasteiger partial charge is 0.142 e. The Morgan fingerprint density at radius 2 is 2.00 bits per heavy atom. The number of benzene rings is 1. The number of halogens is 3. The molecule has 1 aromatic carbocycles. The minimum atomic E-state index is -0.353. The average molecular weight is 263 g/mol. The molecule has 0 N–H and O–H groups in total. The molecular formula is C13H17Cl2F. The molecule has 0 radical (unpaired) electrons. The van der Waals surface area contributed by atoms with Crippen LogP contribution in [0.5, 0.6) is 0 Å². The minimum Gasteiger partial charge on any atom is -0.205 e. The van der Waals surface area contributed by atoms with E-state index < -0.39 is 0 Å². The second kappa shape index (κ2) is 6.46. The van der Waals surface area contributed by atoms with Crippen LogP contribution in [0.1, 0.15) is 32.3 Å². The molecule has 0 spiro atoms. The molecular weight excluding hydrogens is 246 g/mol. The Morgan fingerprint density at radius 1 is 1.31 bits per heavy atom. The Hall–Kier alpha value is -0.270. The highest BCUT2D eigenvalue weighted by Gasteiger charge is 2.10. The molecule has 0 saturated carbocycles. The van der Waals surface area contributed by atoms with Crippen LogP contribution in [0.3, 0.4) is 0 Å². The van der Waals surface area contributed by atoms with Crippen LogP contribution in [-0.4, -0.2) is 5.38 Å². The molecule has 0 fully saturated rings. The molecule has 0 saturated heterocycles. The van der Waals surface area contributed by atoms with Crippen molar-refractivity contribution in [3.63, 3.8) is 0 Å². The first-order chi connectivity index (χ1) is 7.50. The zero-order valence-corrected chi connectivity index (χ0v) is 11.2. The van der Waals surface area contributed by atoms with Crippen LogP contribution in [0.25, 0.3) is 0 Å². The molecule has 1 rings (SSSR count). The highest BCUT2D eigenvalue weighted by molar-refractivity contribution is 6.31. The van der Waals surface area contributed by atoms with Gasteiger partial charge in [-0.3, -0.25) is 0 Å². The van der Waals surface area contributed by atoms with Crippen LogP contribution in [0, 0.1) is 11.7 Å². The van der Waals surface area contributed by atoms with E-state index in [0.717, 1.165) is 24.8 Å². The summed E-state index contributed by atoms with van der Waals surface area (Å²) in [5, 5.41) is 0.371. The van der Waals surface area contributed by atoms with E-state index in [0.29, 0.717) is 5.92 Å². The van der Waals surface area contributed by atoms with Crippen LogP contribution in [0.2, 0.25) is 5.02 Å². The normalized spacial score (nSPS) is 13.1. The predicted octanol–water partition coefficient (Wildman–Crippen LogP) is 5.07. The first-order valence-corrected chi connectivity index (χ1v) is 6.39. The van der Waals surface area contributed by atoms with Crippen molar-refractivity contribution >= 4 is 23.2 Å². The topological polar surface area (TPSA) is 0 Å². The molecule has 1 aromatic rings. The van der Waals surface area contributed by atoms with Gasteiger partial charge in [-0.25, -0.2) is 4.39 Å². The SMILES string of the molecule is CC(C)CC(Cl)CCc1cccc(F)c1Cl. The largest absolute Gasteiger partial charge is 0.205 e. The van der Waals surface area contributed by atoms with Gasteiger partial charge >= 0.3 is 0 Å². The Morgan fingerprint density at radius 3 is 2.62 bits per heavy atom. The fraction of sp³-hybridized carbons (Fsp3) is 0.538.